The summed E-state index contributed by atoms with van der Waals surface area (Å²) in [4.78, 5) is 14.9. The molecule has 1 heterocycles. The zero-order chi connectivity index (χ0) is 23.3. The summed E-state index contributed by atoms with van der Waals surface area (Å²) in [7, 11) is -0.782. The van der Waals surface area contributed by atoms with Gasteiger partial charge in [-0.1, -0.05) is 19.1 Å². The topological polar surface area (TPSA) is 84.9 Å². The van der Waals surface area contributed by atoms with E-state index >= 15 is 0 Å². The molecule has 1 aliphatic heterocycles. The van der Waals surface area contributed by atoms with Crippen LogP contribution in [0.1, 0.15) is 60.1 Å². The Balaban J connectivity index is 1.90. The minimum absolute atomic E-state index is 0.0438. The first-order valence-electron chi connectivity index (χ1n) is 10.9. The lowest BCUT2D eigenvalue weighted by atomic mass is 10.0. The van der Waals surface area contributed by atoms with Crippen LogP contribution in [-0.4, -0.2) is 46.5 Å². The van der Waals surface area contributed by atoms with E-state index in [4.69, 9.17) is 9.47 Å². The van der Waals surface area contributed by atoms with Gasteiger partial charge < -0.3 is 14.4 Å². The number of benzene rings is 2. The van der Waals surface area contributed by atoms with Gasteiger partial charge in [0.25, 0.3) is 5.91 Å². The minimum atomic E-state index is -3.87. The van der Waals surface area contributed by atoms with Crippen molar-refractivity contribution in [3.63, 3.8) is 0 Å². The molecule has 0 saturated carbocycles. The second kappa shape index (κ2) is 10.4. The summed E-state index contributed by atoms with van der Waals surface area (Å²) in [6.07, 6.45) is 3.57. The van der Waals surface area contributed by atoms with Gasteiger partial charge in [0.15, 0.2) is 0 Å². The molecule has 8 heteroatoms. The SMILES string of the molecule is CCC(NS(=O)(=O)c1ccc(OC)c(C(=O)N2CCCCC2)c1)c1ccc(OC)c(C)c1. The number of piperidine rings is 1. The first kappa shape index (κ1) is 24.1. The first-order valence-corrected chi connectivity index (χ1v) is 12.4. The Morgan fingerprint density at radius 3 is 2.28 bits per heavy atom. The molecule has 0 aliphatic carbocycles. The van der Waals surface area contributed by atoms with Crippen LogP contribution in [0.15, 0.2) is 41.3 Å². The largest absolute Gasteiger partial charge is 0.496 e. The molecule has 1 fully saturated rings. The highest BCUT2D eigenvalue weighted by molar-refractivity contribution is 7.89. The molecule has 7 nitrogen and oxygen atoms in total. The number of nitrogens with zero attached hydrogens (tertiary/aromatic N) is 1. The van der Waals surface area contributed by atoms with Crippen LogP contribution in [-0.2, 0) is 10.0 Å². The molecule has 0 bridgehead atoms. The molecule has 2 aromatic rings. The lowest BCUT2D eigenvalue weighted by Gasteiger charge is -2.27. The highest BCUT2D eigenvalue weighted by atomic mass is 32.2. The van der Waals surface area contributed by atoms with Crippen molar-refractivity contribution in [3.8, 4) is 11.5 Å². The van der Waals surface area contributed by atoms with E-state index < -0.39 is 16.1 Å². The summed E-state index contributed by atoms with van der Waals surface area (Å²) in [5, 5.41) is 0. The molecule has 2 aromatic carbocycles. The third-order valence-electron chi connectivity index (χ3n) is 5.88. The van der Waals surface area contributed by atoms with Crippen LogP contribution in [0.5, 0.6) is 11.5 Å². The number of nitrogens with one attached hydrogen (secondary N) is 1. The zero-order valence-electron chi connectivity index (χ0n) is 19.2. The number of carbonyl (C=O) groups excluding carboxylic acids is 1. The average molecular weight is 461 g/mol. The number of carbonyl (C=O) groups is 1. The van der Waals surface area contributed by atoms with Crippen molar-refractivity contribution in [2.75, 3.05) is 27.3 Å². The molecule has 1 unspecified atom stereocenters. The van der Waals surface area contributed by atoms with E-state index in [1.165, 1.54) is 19.2 Å². The maximum absolute atomic E-state index is 13.2. The molecule has 0 aromatic heterocycles. The molecule has 0 radical (unpaired) electrons. The highest BCUT2D eigenvalue weighted by Gasteiger charge is 2.26. The Morgan fingerprint density at radius 1 is 1.03 bits per heavy atom. The van der Waals surface area contributed by atoms with E-state index in [-0.39, 0.29) is 16.4 Å². The fraction of sp³-hybridized carbons (Fsp3) is 0.458. The molecule has 1 saturated heterocycles. The highest BCUT2D eigenvalue weighted by Crippen LogP contribution is 2.28. The lowest BCUT2D eigenvalue weighted by Crippen LogP contribution is -2.36. The normalized spacial score (nSPS) is 15.3. The van der Waals surface area contributed by atoms with Gasteiger partial charge in [-0.05, 0) is 68.0 Å². The van der Waals surface area contributed by atoms with Crippen molar-refractivity contribution < 1.29 is 22.7 Å². The standard InChI is InChI=1S/C24H32N2O5S/c1-5-21(18-9-11-22(30-3)17(2)15-18)25-32(28,29)19-10-12-23(31-4)20(16-19)24(27)26-13-7-6-8-14-26/h9-12,15-16,21,25H,5-8,13-14H2,1-4H3. The summed E-state index contributed by atoms with van der Waals surface area (Å²) in [5.74, 6) is 0.927. The summed E-state index contributed by atoms with van der Waals surface area (Å²) in [6, 6.07) is 9.66. The van der Waals surface area contributed by atoms with E-state index in [1.807, 2.05) is 32.0 Å². The Labute approximate surface area is 190 Å². The number of hydrogen-bond acceptors (Lipinski definition) is 5. The van der Waals surface area contributed by atoms with Crippen LogP contribution < -0.4 is 14.2 Å². The van der Waals surface area contributed by atoms with Crippen LogP contribution in [0.2, 0.25) is 0 Å². The van der Waals surface area contributed by atoms with E-state index in [2.05, 4.69) is 4.72 Å². The van der Waals surface area contributed by atoms with E-state index in [1.54, 1.807) is 18.1 Å². The third kappa shape index (κ3) is 5.24. The van der Waals surface area contributed by atoms with Crippen molar-refractivity contribution in [1.29, 1.82) is 0 Å². The van der Waals surface area contributed by atoms with Crippen LogP contribution >= 0.6 is 0 Å². The molecule has 174 valence electrons. The number of methoxy groups -OCH3 is 2. The summed E-state index contributed by atoms with van der Waals surface area (Å²) in [6.45, 7) is 5.19. The van der Waals surface area contributed by atoms with Gasteiger partial charge in [-0.2, -0.15) is 0 Å². The van der Waals surface area contributed by atoms with E-state index in [0.29, 0.717) is 25.3 Å². The van der Waals surface area contributed by atoms with Crippen molar-refractivity contribution in [2.45, 2.75) is 50.5 Å². The minimum Gasteiger partial charge on any atom is -0.496 e. The molecule has 1 N–H and O–H groups in total. The second-order valence-corrected chi connectivity index (χ2v) is 9.74. The van der Waals surface area contributed by atoms with Crippen molar-refractivity contribution in [2.24, 2.45) is 0 Å². The van der Waals surface area contributed by atoms with Gasteiger partial charge in [0.05, 0.1) is 24.7 Å². The maximum Gasteiger partial charge on any atom is 0.257 e. The molecule has 1 atom stereocenters. The Kier molecular flexibility index (Phi) is 7.79. The summed E-state index contributed by atoms with van der Waals surface area (Å²) >= 11 is 0. The number of amides is 1. The fourth-order valence-electron chi connectivity index (χ4n) is 4.05. The van der Waals surface area contributed by atoms with Crippen LogP contribution in [0.3, 0.4) is 0 Å². The zero-order valence-corrected chi connectivity index (χ0v) is 20.0. The molecular formula is C24H32N2O5S. The van der Waals surface area contributed by atoms with Gasteiger partial charge in [0, 0.05) is 19.1 Å². The third-order valence-corrected chi connectivity index (χ3v) is 7.35. The fourth-order valence-corrected chi connectivity index (χ4v) is 5.38. The average Bonchev–Trinajstić information content (AvgIpc) is 2.82. The number of ether oxygens (including phenoxy) is 2. The smallest absolute Gasteiger partial charge is 0.257 e. The van der Waals surface area contributed by atoms with Gasteiger partial charge in [-0.3, -0.25) is 4.79 Å². The molecule has 0 spiro atoms. The van der Waals surface area contributed by atoms with Gasteiger partial charge >= 0.3 is 0 Å². The van der Waals surface area contributed by atoms with Gasteiger partial charge in [0.2, 0.25) is 10.0 Å². The first-order chi connectivity index (χ1) is 15.3. The molecular weight excluding hydrogens is 428 g/mol. The second-order valence-electron chi connectivity index (χ2n) is 8.03. The maximum atomic E-state index is 13.2. The van der Waals surface area contributed by atoms with Crippen LogP contribution in [0.4, 0.5) is 0 Å². The van der Waals surface area contributed by atoms with E-state index in [9.17, 15) is 13.2 Å². The van der Waals surface area contributed by atoms with E-state index in [0.717, 1.165) is 36.1 Å². The van der Waals surface area contributed by atoms with Gasteiger partial charge in [-0.25, -0.2) is 13.1 Å². The predicted octanol–water partition coefficient (Wildman–Crippen LogP) is 4.07. The quantitative estimate of drug-likeness (QED) is 0.642. The molecule has 3 rings (SSSR count). The molecule has 1 amide bonds. The van der Waals surface area contributed by atoms with Crippen LogP contribution in [0.25, 0.3) is 0 Å². The van der Waals surface area contributed by atoms with Crippen molar-refractivity contribution in [3.05, 3.63) is 53.1 Å². The number of sulfonamides is 1. The molecule has 1 aliphatic rings. The van der Waals surface area contributed by atoms with Gasteiger partial charge in [0.1, 0.15) is 11.5 Å². The number of aryl methyl sites for hydroxylation is 1. The Hall–Kier alpha value is -2.58. The monoisotopic (exact) mass is 460 g/mol. The van der Waals surface area contributed by atoms with Crippen molar-refractivity contribution >= 4 is 15.9 Å². The van der Waals surface area contributed by atoms with Crippen LogP contribution in [0, 0.1) is 6.92 Å². The summed E-state index contributed by atoms with van der Waals surface area (Å²) < 4.78 is 39.9. The van der Waals surface area contributed by atoms with Gasteiger partial charge in [-0.15, -0.1) is 0 Å². The molecule has 32 heavy (non-hydrogen) atoms. The predicted molar refractivity (Wildman–Crippen MR) is 124 cm³/mol. The Morgan fingerprint density at radius 2 is 1.69 bits per heavy atom. The lowest BCUT2D eigenvalue weighted by molar-refractivity contribution is 0.0720. The number of rotatable bonds is 8. The number of hydrogen-bond donors (Lipinski definition) is 1. The Bertz CT molecular complexity index is 1060. The summed E-state index contributed by atoms with van der Waals surface area (Å²) in [5.41, 5.74) is 2.06. The number of likely N-dealkylation sites (tertiary alicyclic amines) is 1. The van der Waals surface area contributed by atoms with Crippen molar-refractivity contribution in [1.82, 2.24) is 9.62 Å².